The van der Waals surface area contributed by atoms with Crippen molar-refractivity contribution in [1.29, 1.82) is 0 Å². The fourth-order valence-electron chi connectivity index (χ4n) is 5.56. The van der Waals surface area contributed by atoms with Crippen molar-refractivity contribution in [3.8, 4) is 0 Å². The first-order chi connectivity index (χ1) is 17.6. The molecule has 5 rings (SSSR count). The maximum atomic E-state index is 11.8. The van der Waals surface area contributed by atoms with Gasteiger partial charge in [0.05, 0.1) is 27.5 Å². The van der Waals surface area contributed by atoms with Gasteiger partial charge in [-0.1, -0.05) is 34.8 Å². The molecule has 2 saturated carbocycles. The van der Waals surface area contributed by atoms with E-state index in [9.17, 15) is 9.90 Å². The Balaban J connectivity index is 1.51. The summed E-state index contributed by atoms with van der Waals surface area (Å²) in [6.07, 6.45) is 7.85. The van der Waals surface area contributed by atoms with Gasteiger partial charge in [-0.15, -0.1) is 0 Å². The number of anilines is 3. The van der Waals surface area contributed by atoms with Gasteiger partial charge in [-0.25, -0.2) is 9.97 Å². The van der Waals surface area contributed by atoms with Crippen LogP contribution in [-0.2, 0) is 4.79 Å². The van der Waals surface area contributed by atoms with Gasteiger partial charge in [0.25, 0.3) is 0 Å². The molecule has 2 aromatic heterocycles. The lowest BCUT2D eigenvalue weighted by Crippen LogP contribution is -2.38. The van der Waals surface area contributed by atoms with Crippen molar-refractivity contribution in [2.24, 2.45) is 11.7 Å². The predicted octanol–water partition coefficient (Wildman–Crippen LogP) is 5.85. The quantitative estimate of drug-likeness (QED) is 0.294. The number of fused-ring (bicyclic) bond motifs is 1. The molecule has 0 bridgehead atoms. The summed E-state index contributed by atoms with van der Waals surface area (Å²) in [6.45, 7) is 1.87. The molecule has 2 aliphatic carbocycles. The molecule has 0 aliphatic heterocycles. The number of nitrogens with two attached hydrogens (primary N) is 1. The minimum absolute atomic E-state index is 0.0334. The third kappa shape index (κ3) is 5.74. The topological polar surface area (TPSA) is 131 Å². The normalized spacial score (nSPS) is 26.2. The maximum Gasteiger partial charge on any atom is 0.224 e. The predicted molar refractivity (Wildman–Crippen MR) is 147 cm³/mol. The van der Waals surface area contributed by atoms with Crippen molar-refractivity contribution in [2.45, 2.75) is 76.0 Å². The van der Waals surface area contributed by atoms with Crippen LogP contribution in [0.25, 0.3) is 11.2 Å². The fraction of sp³-hybridized carbons (Fsp3) is 0.520. The van der Waals surface area contributed by atoms with Crippen LogP contribution in [0.2, 0.25) is 15.1 Å². The third-order valence-corrected chi connectivity index (χ3v) is 8.24. The molecule has 9 nitrogen and oxygen atoms in total. The molecule has 5 N–H and O–H groups in total. The van der Waals surface area contributed by atoms with Crippen molar-refractivity contribution >= 4 is 69.5 Å². The smallest absolute Gasteiger partial charge is 0.224 e. The number of nitrogens with zero attached hydrogens (tertiary/aromatic N) is 4. The Morgan fingerprint density at radius 3 is 2.49 bits per heavy atom. The Kier molecular flexibility index (Phi) is 7.42. The number of aliphatic hydroxyl groups is 1. The first kappa shape index (κ1) is 26.3. The van der Waals surface area contributed by atoms with Crippen molar-refractivity contribution in [3.05, 3.63) is 33.4 Å². The van der Waals surface area contributed by atoms with Crippen LogP contribution >= 0.6 is 34.8 Å². The van der Waals surface area contributed by atoms with Gasteiger partial charge in [0.1, 0.15) is 5.52 Å². The lowest BCUT2D eigenvalue weighted by Gasteiger charge is -2.34. The molecule has 0 spiro atoms. The molecule has 198 valence electrons. The number of imidazole rings is 1. The van der Waals surface area contributed by atoms with Crippen LogP contribution in [0, 0.1) is 5.92 Å². The van der Waals surface area contributed by atoms with E-state index in [-0.39, 0.29) is 23.9 Å². The number of nitrogens with one attached hydrogen (secondary N) is 2. The molecule has 2 atom stereocenters. The number of amides is 1. The van der Waals surface area contributed by atoms with Crippen LogP contribution in [0.5, 0.6) is 0 Å². The number of halogens is 3. The van der Waals surface area contributed by atoms with E-state index in [1.807, 2.05) is 11.5 Å². The summed E-state index contributed by atoms with van der Waals surface area (Å²) in [5.74, 6) is 0.615. The largest absolute Gasteiger partial charge is 0.390 e. The summed E-state index contributed by atoms with van der Waals surface area (Å²) in [5.41, 5.74) is 6.63. The van der Waals surface area contributed by atoms with Gasteiger partial charge in [-0.05, 0) is 70.4 Å². The zero-order valence-corrected chi connectivity index (χ0v) is 22.7. The average Bonchev–Trinajstić information content (AvgIpc) is 3.18. The lowest BCUT2D eigenvalue weighted by atomic mass is 9.83. The highest BCUT2D eigenvalue weighted by Crippen LogP contribution is 2.40. The molecular formula is C25H30Cl3N7O2. The Bertz CT molecular complexity index is 1300. The number of carbonyl (C=O) groups is 1. The van der Waals surface area contributed by atoms with Crippen LogP contribution in [0.4, 0.5) is 17.6 Å². The van der Waals surface area contributed by atoms with Crippen LogP contribution < -0.4 is 16.4 Å². The molecule has 2 aliphatic rings. The van der Waals surface area contributed by atoms with Gasteiger partial charge in [0.2, 0.25) is 17.8 Å². The van der Waals surface area contributed by atoms with E-state index in [0.29, 0.717) is 63.1 Å². The molecule has 1 amide bonds. The zero-order valence-electron chi connectivity index (χ0n) is 20.5. The standard InChI is InChI=1S/C25H30Cl3N7O2/c1-25(37)8-2-3-15(11-25)31-23-30-12-19-22(34-23)35(16-6-4-13(5-7-16)21(29)36)24(32-19)33-20-17(27)9-14(26)10-18(20)28/h9-10,12-13,15-16,37H,2-8,11H2,1H3,(H2,29,36)(H,32,33)(H,30,31,34)/t13-,15-,16+,25+/m1/s1. The van der Waals surface area contributed by atoms with Gasteiger partial charge in [-0.3, -0.25) is 9.36 Å². The summed E-state index contributed by atoms with van der Waals surface area (Å²) >= 11 is 19.0. The summed E-state index contributed by atoms with van der Waals surface area (Å²) in [4.78, 5) is 25.9. The summed E-state index contributed by atoms with van der Waals surface area (Å²) < 4.78 is 2.04. The molecule has 0 saturated heterocycles. The van der Waals surface area contributed by atoms with E-state index in [1.165, 1.54) is 0 Å². The Morgan fingerprint density at radius 1 is 1.14 bits per heavy atom. The van der Waals surface area contributed by atoms with E-state index in [1.54, 1.807) is 18.3 Å². The van der Waals surface area contributed by atoms with Crippen LogP contribution in [-0.4, -0.2) is 42.2 Å². The second kappa shape index (κ2) is 10.4. The molecule has 0 unspecified atom stereocenters. The van der Waals surface area contributed by atoms with Gasteiger partial charge >= 0.3 is 0 Å². The Morgan fingerprint density at radius 2 is 1.84 bits per heavy atom. The molecule has 1 aromatic carbocycles. The second-order valence-electron chi connectivity index (χ2n) is 10.4. The van der Waals surface area contributed by atoms with Crippen molar-refractivity contribution < 1.29 is 9.90 Å². The molecule has 12 heteroatoms. The van der Waals surface area contributed by atoms with Gasteiger partial charge in [0.15, 0.2) is 5.65 Å². The number of benzene rings is 1. The van der Waals surface area contributed by atoms with E-state index >= 15 is 0 Å². The monoisotopic (exact) mass is 565 g/mol. The molecule has 0 radical (unpaired) electrons. The summed E-state index contributed by atoms with van der Waals surface area (Å²) in [6, 6.07) is 3.34. The Hall–Kier alpha value is -2.33. The first-order valence-electron chi connectivity index (χ1n) is 12.5. The van der Waals surface area contributed by atoms with Gasteiger partial charge in [0, 0.05) is 23.0 Å². The highest BCUT2D eigenvalue weighted by atomic mass is 35.5. The van der Waals surface area contributed by atoms with Gasteiger partial charge in [-0.2, -0.15) is 4.98 Å². The minimum Gasteiger partial charge on any atom is -0.390 e. The van der Waals surface area contributed by atoms with Gasteiger partial charge < -0.3 is 21.5 Å². The molecule has 3 aromatic rings. The molecular weight excluding hydrogens is 537 g/mol. The highest BCUT2D eigenvalue weighted by molar-refractivity contribution is 6.41. The van der Waals surface area contributed by atoms with Crippen LogP contribution in [0.3, 0.4) is 0 Å². The summed E-state index contributed by atoms with van der Waals surface area (Å²) in [7, 11) is 0. The summed E-state index contributed by atoms with van der Waals surface area (Å²) in [5, 5.41) is 18.4. The van der Waals surface area contributed by atoms with E-state index in [0.717, 1.165) is 32.1 Å². The average molecular weight is 567 g/mol. The molecule has 37 heavy (non-hydrogen) atoms. The second-order valence-corrected chi connectivity index (χ2v) is 11.7. The minimum atomic E-state index is -0.699. The SMILES string of the molecule is C[C@]1(O)CCC[C@@H](Nc2ncc3nc(Nc4c(Cl)cc(Cl)cc4Cl)n([C@H]4CC[C@@H](C(N)=O)CC4)c3n2)C1. The molecule has 2 heterocycles. The Labute approximate surface area is 230 Å². The fourth-order valence-corrected chi connectivity index (χ4v) is 6.47. The lowest BCUT2D eigenvalue weighted by molar-refractivity contribution is -0.122. The zero-order chi connectivity index (χ0) is 26.3. The van der Waals surface area contributed by atoms with E-state index in [2.05, 4.69) is 15.6 Å². The van der Waals surface area contributed by atoms with Crippen LogP contribution in [0.15, 0.2) is 18.3 Å². The van der Waals surface area contributed by atoms with Crippen molar-refractivity contribution in [1.82, 2.24) is 19.5 Å². The number of hydrogen-bond donors (Lipinski definition) is 4. The number of hydrogen-bond acceptors (Lipinski definition) is 7. The van der Waals surface area contributed by atoms with Crippen molar-refractivity contribution in [2.75, 3.05) is 10.6 Å². The first-order valence-corrected chi connectivity index (χ1v) is 13.7. The van der Waals surface area contributed by atoms with Crippen molar-refractivity contribution in [3.63, 3.8) is 0 Å². The highest BCUT2D eigenvalue weighted by Gasteiger charge is 2.32. The van der Waals surface area contributed by atoms with E-state index < -0.39 is 5.60 Å². The number of primary amides is 1. The number of carbonyl (C=O) groups excluding carboxylic acids is 1. The maximum absolute atomic E-state index is 11.8. The van der Waals surface area contributed by atoms with E-state index in [4.69, 9.17) is 50.5 Å². The third-order valence-electron chi connectivity index (χ3n) is 7.43. The molecule has 2 fully saturated rings. The number of aromatic nitrogens is 4. The number of rotatable bonds is 6. The van der Waals surface area contributed by atoms with Crippen LogP contribution in [0.1, 0.15) is 64.3 Å².